The lowest BCUT2D eigenvalue weighted by molar-refractivity contribution is -0.215. The predicted molar refractivity (Wildman–Crippen MR) is 226 cm³/mol. The van der Waals surface area contributed by atoms with Gasteiger partial charge in [-0.1, -0.05) is 84.1 Å². The van der Waals surface area contributed by atoms with Crippen molar-refractivity contribution in [3.05, 3.63) is 93.6 Å². The topological polar surface area (TPSA) is 174 Å². The first-order chi connectivity index (χ1) is 27.8. The minimum Gasteiger partial charge on any atom is -0.396 e. The van der Waals surface area contributed by atoms with Crippen molar-refractivity contribution in [2.24, 2.45) is 28.9 Å². The number of carbonyl (C=O) groups is 2. The number of nitrogens with one attached hydrogen (secondary N) is 2. The molecule has 2 aliphatic heterocycles. The maximum atomic E-state index is 14.6. The maximum Gasteiger partial charge on any atom is 0.243 e. The molecule has 1 spiro atoms. The van der Waals surface area contributed by atoms with E-state index in [1.54, 1.807) is 6.92 Å². The van der Waals surface area contributed by atoms with Crippen molar-refractivity contribution in [2.75, 3.05) is 26.4 Å². The van der Waals surface area contributed by atoms with E-state index in [1.807, 2.05) is 43.4 Å². The molecule has 0 radical (unpaired) electrons. The molecule has 0 unspecified atom stereocenters. The average molecular weight is 796 g/mol. The van der Waals surface area contributed by atoms with E-state index >= 15 is 0 Å². The molecule has 9 atom stereocenters. The number of allylic oxidation sites excluding steroid dienone is 8. The van der Waals surface area contributed by atoms with Crippen molar-refractivity contribution in [3.8, 4) is 11.8 Å². The fourth-order valence-corrected chi connectivity index (χ4v) is 11.1. The SMILES string of the molecule is C=C1/C=C/C=C(\[C@H]2C[C@H]3CCC[C@@]4(O)CC/C(=C(/C)C(=O)Cc5cccc6c5[C@@H](NC[C@H](C)O)C(=O)N[C@H]6N)[C@@H](CCCO)[C@@]34[C@@H]2O)COCC#CC/C(C)=C/CC1. The summed E-state index contributed by atoms with van der Waals surface area (Å²) in [6, 6.07) is 4.77. The average Bonchev–Trinajstić information content (AvgIpc) is 3.48. The van der Waals surface area contributed by atoms with Gasteiger partial charge in [0.2, 0.25) is 5.91 Å². The van der Waals surface area contributed by atoms with Gasteiger partial charge in [0.05, 0.1) is 24.4 Å². The van der Waals surface area contributed by atoms with Gasteiger partial charge in [-0.05, 0) is 118 Å². The minimum absolute atomic E-state index is 0.0136. The second-order valence-electron chi connectivity index (χ2n) is 17.5. The van der Waals surface area contributed by atoms with Gasteiger partial charge in [-0.3, -0.25) is 14.9 Å². The number of fused-ring (bicyclic) bond motifs is 1. The van der Waals surface area contributed by atoms with Gasteiger partial charge in [-0.25, -0.2) is 0 Å². The van der Waals surface area contributed by atoms with Crippen molar-refractivity contribution in [3.63, 3.8) is 0 Å². The van der Waals surface area contributed by atoms with E-state index in [0.29, 0.717) is 68.3 Å². The molecule has 1 aromatic carbocycles. The largest absolute Gasteiger partial charge is 0.396 e. The summed E-state index contributed by atoms with van der Waals surface area (Å²) in [7, 11) is 0. The highest BCUT2D eigenvalue weighted by molar-refractivity contribution is 5.98. The molecule has 8 N–H and O–H groups in total. The lowest BCUT2D eigenvalue weighted by Gasteiger charge is -2.61. The predicted octanol–water partition coefficient (Wildman–Crippen LogP) is 5.48. The van der Waals surface area contributed by atoms with E-state index in [1.165, 1.54) is 5.57 Å². The molecule has 3 saturated carbocycles. The van der Waals surface area contributed by atoms with Gasteiger partial charge < -0.3 is 36.2 Å². The number of rotatable bonds is 10. The number of ketones is 1. The summed E-state index contributed by atoms with van der Waals surface area (Å²) in [5.74, 6) is 5.31. The summed E-state index contributed by atoms with van der Waals surface area (Å²) in [6.45, 7) is 10.6. The second-order valence-corrected chi connectivity index (χ2v) is 17.5. The first-order valence-electron chi connectivity index (χ1n) is 21.4. The van der Waals surface area contributed by atoms with Crippen molar-refractivity contribution in [1.82, 2.24) is 10.6 Å². The van der Waals surface area contributed by atoms with Crippen LogP contribution in [0.1, 0.15) is 120 Å². The van der Waals surface area contributed by atoms with Crippen molar-refractivity contribution in [2.45, 2.75) is 128 Å². The molecule has 2 heterocycles. The minimum atomic E-state index is -1.15. The van der Waals surface area contributed by atoms with Crippen LogP contribution in [0.2, 0.25) is 0 Å². The second kappa shape index (κ2) is 19.2. The van der Waals surface area contributed by atoms with Crippen LogP contribution in [0.3, 0.4) is 0 Å². The number of hydrogen-bond acceptors (Lipinski definition) is 9. The van der Waals surface area contributed by atoms with E-state index in [-0.39, 0.29) is 55.6 Å². The summed E-state index contributed by atoms with van der Waals surface area (Å²) in [4.78, 5) is 27.8. The standard InChI is InChI=1S/C48H65N3O7/c1-30-12-5-6-25-58-29-35(17-8-15-31(2)14-7-13-30)39-27-36-18-10-22-47(57)23-21-37(40(20-11-24-52)48(36,47)44(39)55)33(4)41(54)26-34-16-9-19-38-42(34)43(50-28-32(3)53)46(56)51-45(38)49/h8-9,13,15-17,19,32,36,39-40,43-45,50,52-53,55,57H,2,7,10-12,14,18,20-29,49H2,1,3-4H3,(H,51,56)/b15-8+,30-13+,35-17-,37-33+/t32-,36+,39+,40+,43+,44+,45+,47+,48+/m0/s1. The third-order valence-corrected chi connectivity index (χ3v) is 13.8. The Balaban J connectivity index is 1.36. The Morgan fingerprint density at radius 3 is 2.81 bits per heavy atom. The van der Waals surface area contributed by atoms with Gasteiger partial charge in [0.25, 0.3) is 0 Å². The molecule has 3 fully saturated rings. The summed E-state index contributed by atoms with van der Waals surface area (Å²) in [5.41, 5.74) is 11.1. The van der Waals surface area contributed by atoms with Gasteiger partial charge >= 0.3 is 0 Å². The van der Waals surface area contributed by atoms with Gasteiger partial charge in [-0.15, -0.1) is 0 Å². The summed E-state index contributed by atoms with van der Waals surface area (Å²) >= 11 is 0. The Hall–Kier alpha value is -3.66. The van der Waals surface area contributed by atoms with Crippen LogP contribution in [0, 0.1) is 35.0 Å². The molecule has 10 nitrogen and oxygen atoms in total. The Bertz CT molecular complexity index is 1900. The zero-order valence-electron chi connectivity index (χ0n) is 34.7. The van der Waals surface area contributed by atoms with Crippen molar-refractivity contribution < 1.29 is 34.8 Å². The first-order valence-corrected chi connectivity index (χ1v) is 21.4. The number of ether oxygens (including phenoxy) is 1. The van der Waals surface area contributed by atoms with E-state index in [0.717, 1.165) is 48.0 Å². The van der Waals surface area contributed by atoms with Gasteiger partial charge in [0, 0.05) is 37.3 Å². The molecule has 0 bridgehead atoms. The zero-order valence-corrected chi connectivity index (χ0v) is 34.7. The van der Waals surface area contributed by atoms with Crippen LogP contribution in [-0.4, -0.2) is 76.3 Å². The van der Waals surface area contributed by atoms with Crippen molar-refractivity contribution in [1.29, 1.82) is 0 Å². The molecular formula is C48H65N3O7. The normalized spacial score (nSPS) is 35.4. The molecule has 5 aliphatic rings. The summed E-state index contributed by atoms with van der Waals surface area (Å²) in [5, 5.41) is 52.0. The molecule has 58 heavy (non-hydrogen) atoms. The molecule has 314 valence electrons. The number of hydrogen-bond donors (Lipinski definition) is 7. The Labute approximate surface area is 344 Å². The fourth-order valence-electron chi connectivity index (χ4n) is 11.1. The first kappa shape index (κ1) is 43.9. The van der Waals surface area contributed by atoms with Crippen LogP contribution < -0.4 is 16.4 Å². The smallest absolute Gasteiger partial charge is 0.243 e. The highest BCUT2D eigenvalue weighted by Gasteiger charge is 2.70. The fraction of sp³-hybridized carbons (Fsp3) is 0.583. The zero-order chi connectivity index (χ0) is 41.6. The van der Waals surface area contributed by atoms with Crippen LogP contribution in [-0.2, 0) is 20.7 Å². The monoisotopic (exact) mass is 795 g/mol. The van der Waals surface area contributed by atoms with Gasteiger partial charge in [-0.2, -0.15) is 0 Å². The lowest BCUT2D eigenvalue weighted by atomic mass is 9.45. The number of Topliss-reactive ketones (excluding diaryl/α,β-unsaturated/α-hetero) is 1. The molecule has 0 aromatic heterocycles. The van der Waals surface area contributed by atoms with Crippen LogP contribution in [0.25, 0.3) is 0 Å². The maximum absolute atomic E-state index is 14.6. The number of aliphatic hydroxyl groups excluding tert-OH is 3. The Morgan fingerprint density at radius 1 is 1.22 bits per heavy atom. The highest BCUT2D eigenvalue weighted by Crippen LogP contribution is 2.69. The van der Waals surface area contributed by atoms with Crippen molar-refractivity contribution >= 4 is 11.7 Å². The Morgan fingerprint density at radius 2 is 2.03 bits per heavy atom. The van der Waals surface area contributed by atoms with Crippen LogP contribution in [0.4, 0.5) is 0 Å². The third kappa shape index (κ3) is 8.92. The van der Waals surface area contributed by atoms with Crippen LogP contribution in [0.5, 0.6) is 0 Å². The molecule has 3 aliphatic carbocycles. The molecule has 0 saturated heterocycles. The van der Waals surface area contributed by atoms with Crippen LogP contribution in [0.15, 0.2) is 76.9 Å². The summed E-state index contributed by atoms with van der Waals surface area (Å²) in [6.07, 6.45) is 13.3. The molecule has 1 aromatic rings. The Kier molecular flexibility index (Phi) is 14.5. The molecule has 10 heteroatoms. The van der Waals surface area contributed by atoms with E-state index in [9.17, 15) is 30.0 Å². The molecule has 6 rings (SSSR count). The number of carbonyl (C=O) groups excluding carboxylic acids is 2. The summed E-state index contributed by atoms with van der Waals surface area (Å²) < 4.78 is 6.16. The van der Waals surface area contributed by atoms with Gasteiger partial charge in [0.1, 0.15) is 18.8 Å². The lowest BCUT2D eigenvalue weighted by Crippen LogP contribution is -2.65. The molecular weight excluding hydrogens is 731 g/mol. The van der Waals surface area contributed by atoms with E-state index in [4.69, 9.17) is 10.5 Å². The number of aliphatic hydroxyl groups is 4. The molecule has 1 amide bonds. The number of benzene rings is 1. The number of nitrogens with two attached hydrogens (primary N) is 1. The van der Waals surface area contributed by atoms with Crippen LogP contribution >= 0.6 is 0 Å². The third-order valence-electron chi connectivity index (χ3n) is 13.8. The van der Waals surface area contributed by atoms with Gasteiger partial charge in [0.15, 0.2) is 5.78 Å². The van der Waals surface area contributed by atoms with E-state index in [2.05, 4.69) is 42.1 Å². The number of amides is 1. The highest BCUT2D eigenvalue weighted by atomic mass is 16.5. The van der Waals surface area contributed by atoms with E-state index < -0.39 is 35.4 Å². The quantitative estimate of drug-likeness (QED) is 0.0920.